The van der Waals surface area contributed by atoms with Gasteiger partial charge in [-0.2, -0.15) is 0 Å². The number of amides is 1. The van der Waals surface area contributed by atoms with E-state index >= 15 is 0 Å². The van der Waals surface area contributed by atoms with Crippen LogP contribution in [0.2, 0.25) is 0 Å². The van der Waals surface area contributed by atoms with Crippen LogP contribution in [0.4, 0.5) is 5.13 Å². The monoisotopic (exact) mass is 407 g/mol. The Balaban J connectivity index is 1.53. The fraction of sp³-hybridized carbons (Fsp3) is 0.150. The zero-order valence-electron chi connectivity index (χ0n) is 15.7. The van der Waals surface area contributed by atoms with E-state index in [0.29, 0.717) is 21.8 Å². The fourth-order valence-electron chi connectivity index (χ4n) is 2.79. The van der Waals surface area contributed by atoms with Gasteiger partial charge in [0.05, 0.1) is 11.0 Å². The third kappa shape index (κ3) is 3.85. The summed E-state index contributed by atoms with van der Waals surface area (Å²) in [6, 6.07) is 16.5. The molecule has 1 amide bonds. The zero-order valence-corrected chi connectivity index (χ0v) is 16.5. The number of hydrogen-bond donors (Lipinski definition) is 1. The Morgan fingerprint density at radius 1 is 1.10 bits per heavy atom. The number of rotatable bonds is 5. The molecule has 0 bridgehead atoms. The van der Waals surface area contributed by atoms with Crippen molar-refractivity contribution in [3.05, 3.63) is 75.7 Å². The van der Waals surface area contributed by atoms with Crippen LogP contribution >= 0.6 is 11.3 Å². The number of nitrogens with one attached hydrogen (secondary N) is 1. The molecule has 9 heteroatoms. The lowest BCUT2D eigenvalue weighted by Gasteiger charge is -2.11. The number of carbonyl (C=O) groups is 1. The van der Waals surface area contributed by atoms with E-state index in [9.17, 15) is 9.59 Å². The number of aryl methyl sites for hydroxylation is 1. The second kappa shape index (κ2) is 7.80. The van der Waals surface area contributed by atoms with E-state index in [1.807, 2.05) is 43.3 Å². The SMILES string of the molecule is C[C@@H](Oc1ccccc1)c1nnc(NC(=O)c2nc3ccccc3n(C)c2=O)s1. The van der Waals surface area contributed by atoms with Crippen molar-refractivity contribution in [1.82, 2.24) is 19.7 Å². The molecule has 0 aliphatic carbocycles. The van der Waals surface area contributed by atoms with Crippen molar-refractivity contribution in [2.45, 2.75) is 13.0 Å². The van der Waals surface area contributed by atoms with Gasteiger partial charge in [-0.15, -0.1) is 10.2 Å². The molecule has 1 N–H and O–H groups in total. The maximum absolute atomic E-state index is 12.6. The molecule has 0 saturated carbocycles. The van der Waals surface area contributed by atoms with Gasteiger partial charge >= 0.3 is 0 Å². The molecular weight excluding hydrogens is 390 g/mol. The van der Waals surface area contributed by atoms with E-state index in [-0.39, 0.29) is 16.9 Å². The number of anilines is 1. The van der Waals surface area contributed by atoms with Crippen LogP contribution in [-0.4, -0.2) is 25.7 Å². The minimum atomic E-state index is -0.629. The van der Waals surface area contributed by atoms with E-state index in [1.54, 1.807) is 25.2 Å². The Morgan fingerprint density at radius 3 is 2.62 bits per heavy atom. The Bertz CT molecular complexity index is 1240. The lowest BCUT2D eigenvalue weighted by Crippen LogP contribution is -2.29. The molecule has 0 aliphatic rings. The van der Waals surface area contributed by atoms with Gasteiger partial charge in [-0.1, -0.05) is 41.7 Å². The van der Waals surface area contributed by atoms with Crippen LogP contribution in [0.3, 0.4) is 0 Å². The lowest BCUT2D eigenvalue weighted by molar-refractivity contribution is 0.102. The predicted octanol–water partition coefficient (Wildman–Crippen LogP) is 3.18. The molecule has 0 saturated heterocycles. The summed E-state index contributed by atoms with van der Waals surface area (Å²) in [5, 5.41) is 11.5. The number of aromatic nitrogens is 4. The Morgan fingerprint density at radius 2 is 1.83 bits per heavy atom. The van der Waals surface area contributed by atoms with Crippen LogP contribution in [0.15, 0.2) is 59.4 Å². The maximum atomic E-state index is 12.6. The van der Waals surface area contributed by atoms with Gasteiger partial charge in [0.15, 0.2) is 10.7 Å². The summed E-state index contributed by atoms with van der Waals surface area (Å²) in [7, 11) is 1.61. The standard InChI is InChI=1S/C20H17N5O3S/c1-12(28-13-8-4-3-5-9-13)18-23-24-20(29-18)22-17(26)16-19(27)25(2)15-11-7-6-10-14(15)21-16/h3-12H,1-2H3,(H,22,24,26)/t12-/m1/s1. The van der Waals surface area contributed by atoms with Crippen LogP contribution in [0.5, 0.6) is 5.75 Å². The maximum Gasteiger partial charge on any atom is 0.282 e. The molecule has 0 spiro atoms. The van der Waals surface area contributed by atoms with Crippen molar-refractivity contribution >= 4 is 33.4 Å². The third-order valence-corrected chi connectivity index (χ3v) is 5.26. The minimum absolute atomic E-state index is 0.198. The first kappa shape index (κ1) is 18.8. The fourth-order valence-corrected chi connectivity index (χ4v) is 3.51. The number of hydrogen-bond acceptors (Lipinski definition) is 7. The Hall–Kier alpha value is -3.59. The molecule has 4 aromatic rings. The molecule has 2 aromatic carbocycles. The third-order valence-electron chi connectivity index (χ3n) is 4.26. The number of benzene rings is 2. The average molecular weight is 407 g/mol. The quantitative estimate of drug-likeness (QED) is 0.546. The lowest BCUT2D eigenvalue weighted by atomic mass is 10.2. The molecule has 0 fully saturated rings. The van der Waals surface area contributed by atoms with E-state index < -0.39 is 11.5 Å². The molecule has 0 unspecified atom stereocenters. The Labute approximate surface area is 169 Å². The van der Waals surface area contributed by atoms with Gasteiger partial charge in [0, 0.05) is 7.05 Å². The van der Waals surface area contributed by atoms with Gasteiger partial charge in [-0.05, 0) is 31.2 Å². The second-order valence-electron chi connectivity index (χ2n) is 6.29. The smallest absolute Gasteiger partial charge is 0.282 e. The van der Waals surface area contributed by atoms with Crippen LogP contribution in [0.1, 0.15) is 28.5 Å². The molecule has 0 aliphatic heterocycles. The molecule has 2 heterocycles. The molecular formula is C20H17N5O3S. The van der Waals surface area contributed by atoms with Gasteiger partial charge in [-0.3, -0.25) is 14.9 Å². The first-order chi connectivity index (χ1) is 14.0. The predicted molar refractivity (Wildman–Crippen MR) is 110 cm³/mol. The van der Waals surface area contributed by atoms with E-state index in [1.165, 1.54) is 15.9 Å². The first-order valence-electron chi connectivity index (χ1n) is 8.85. The molecule has 29 heavy (non-hydrogen) atoms. The normalized spacial score (nSPS) is 11.9. The first-order valence-corrected chi connectivity index (χ1v) is 9.67. The van der Waals surface area contributed by atoms with Crippen molar-refractivity contribution < 1.29 is 9.53 Å². The van der Waals surface area contributed by atoms with Crippen molar-refractivity contribution in [3.8, 4) is 5.75 Å². The summed E-state index contributed by atoms with van der Waals surface area (Å²) in [6.07, 6.45) is -0.341. The van der Waals surface area contributed by atoms with E-state index in [4.69, 9.17) is 4.74 Å². The number of carbonyl (C=O) groups excluding carboxylic acids is 1. The summed E-state index contributed by atoms with van der Waals surface area (Å²) in [5.41, 5.74) is 0.532. The van der Waals surface area contributed by atoms with Crippen molar-refractivity contribution in [1.29, 1.82) is 0 Å². The molecule has 4 rings (SSSR count). The summed E-state index contributed by atoms with van der Waals surface area (Å²) in [4.78, 5) is 29.4. The number of para-hydroxylation sites is 3. The van der Waals surface area contributed by atoms with Crippen molar-refractivity contribution in [2.24, 2.45) is 7.05 Å². The average Bonchev–Trinajstić information content (AvgIpc) is 3.20. The topological polar surface area (TPSA) is 99.0 Å². The highest BCUT2D eigenvalue weighted by Gasteiger charge is 2.19. The summed E-state index contributed by atoms with van der Waals surface area (Å²) in [6.45, 7) is 1.85. The zero-order chi connectivity index (χ0) is 20.4. The molecule has 1 atom stereocenters. The van der Waals surface area contributed by atoms with Gasteiger partial charge in [0.1, 0.15) is 11.9 Å². The summed E-state index contributed by atoms with van der Waals surface area (Å²) >= 11 is 1.18. The van der Waals surface area contributed by atoms with E-state index in [0.717, 1.165) is 0 Å². The van der Waals surface area contributed by atoms with Gasteiger partial charge in [-0.25, -0.2) is 4.98 Å². The van der Waals surface area contributed by atoms with Crippen LogP contribution in [0, 0.1) is 0 Å². The molecule has 2 aromatic heterocycles. The van der Waals surface area contributed by atoms with Crippen LogP contribution in [-0.2, 0) is 7.05 Å². The summed E-state index contributed by atoms with van der Waals surface area (Å²) < 4.78 is 7.22. The van der Waals surface area contributed by atoms with E-state index in [2.05, 4.69) is 20.5 Å². The highest BCUT2D eigenvalue weighted by molar-refractivity contribution is 7.15. The molecule has 146 valence electrons. The number of ether oxygens (including phenoxy) is 1. The van der Waals surface area contributed by atoms with Crippen LogP contribution < -0.4 is 15.6 Å². The Kier molecular flexibility index (Phi) is 5.05. The summed E-state index contributed by atoms with van der Waals surface area (Å²) in [5.74, 6) is 0.0836. The largest absolute Gasteiger partial charge is 0.483 e. The molecule has 0 radical (unpaired) electrons. The van der Waals surface area contributed by atoms with Crippen LogP contribution in [0.25, 0.3) is 11.0 Å². The van der Waals surface area contributed by atoms with Gasteiger partial charge in [0.25, 0.3) is 11.5 Å². The van der Waals surface area contributed by atoms with Crippen molar-refractivity contribution in [2.75, 3.05) is 5.32 Å². The van der Waals surface area contributed by atoms with Crippen molar-refractivity contribution in [3.63, 3.8) is 0 Å². The van der Waals surface area contributed by atoms with Gasteiger partial charge in [0.2, 0.25) is 5.13 Å². The molecule has 8 nitrogen and oxygen atoms in total. The second-order valence-corrected chi connectivity index (χ2v) is 7.30. The number of fused-ring (bicyclic) bond motifs is 1. The minimum Gasteiger partial charge on any atom is -0.483 e. The highest BCUT2D eigenvalue weighted by atomic mass is 32.1. The highest BCUT2D eigenvalue weighted by Crippen LogP contribution is 2.26. The number of nitrogens with zero attached hydrogens (tertiary/aromatic N) is 4. The van der Waals surface area contributed by atoms with Gasteiger partial charge < -0.3 is 9.30 Å².